The summed E-state index contributed by atoms with van der Waals surface area (Å²) >= 11 is 0. The van der Waals surface area contributed by atoms with Gasteiger partial charge in [0.2, 0.25) is 5.91 Å². The van der Waals surface area contributed by atoms with Gasteiger partial charge in [-0.15, -0.1) is 0 Å². The van der Waals surface area contributed by atoms with Crippen molar-refractivity contribution in [1.82, 2.24) is 10.3 Å². The Kier molecular flexibility index (Phi) is 3.85. The molecule has 1 amide bonds. The van der Waals surface area contributed by atoms with Crippen molar-refractivity contribution in [1.29, 1.82) is 0 Å². The summed E-state index contributed by atoms with van der Waals surface area (Å²) in [6.45, 7) is 0.205. The van der Waals surface area contributed by atoms with Crippen LogP contribution in [0.4, 0.5) is 0 Å². The Hall–Kier alpha value is -1.81. The van der Waals surface area contributed by atoms with Gasteiger partial charge >= 0.3 is 0 Å². The molecule has 0 spiro atoms. The number of carbonyl (C=O) groups excluding carboxylic acids is 1. The van der Waals surface area contributed by atoms with Gasteiger partial charge in [0.25, 0.3) is 0 Å². The van der Waals surface area contributed by atoms with E-state index in [1.54, 1.807) is 0 Å². The lowest BCUT2D eigenvalue weighted by molar-refractivity contribution is -0.122. The summed E-state index contributed by atoms with van der Waals surface area (Å²) in [6, 6.07) is 8.55. The number of aryl methyl sites for hydroxylation is 1. The van der Waals surface area contributed by atoms with Crippen molar-refractivity contribution >= 4 is 16.8 Å². The molecule has 2 bridgehead atoms. The van der Waals surface area contributed by atoms with Crippen molar-refractivity contribution in [2.24, 2.45) is 17.8 Å². The van der Waals surface area contributed by atoms with Crippen LogP contribution in [0, 0.1) is 17.8 Å². The number of nitrogens with one attached hydrogen (secondary N) is 2. The molecule has 122 valence electrons. The molecule has 4 heteroatoms. The summed E-state index contributed by atoms with van der Waals surface area (Å²) in [4.78, 5) is 15.5. The quantitative estimate of drug-likeness (QED) is 0.794. The zero-order valence-corrected chi connectivity index (χ0v) is 13.3. The molecule has 2 fully saturated rings. The van der Waals surface area contributed by atoms with Crippen molar-refractivity contribution in [2.75, 3.05) is 6.61 Å². The van der Waals surface area contributed by atoms with Crippen LogP contribution in [0.25, 0.3) is 10.9 Å². The van der Waals surface area contributed by atoms with Crippen LogP contribution in [-0.4, -0.2) is 28.6 Å². The smallest absolute Gasteiger partial charge is 0.220 e. The minimum absolute atomic E-state index is 0.121. The van der Waals surface area contributed by atoms with E-state index < -0.39 is 0 Å². The van der Waals surface area contributed by atoms with Gasteiger partial charge < -0.3 is 15.4 Å². The largest absolute Gasteiger partial charge is 0.396 e. The highest BCUT2D eigenvalue weighted by atomic mass is 16.3. The summed E-state index contributed by atoms with van der Waals surface area (Å²) in [5.41, 5.74) is 2.32. The molecule has 4 atom stereocenters. The molecule has 0 aliphatic heterocycles. The minimum Gasteiger partial charge on any atom is -0.396 e. The summed E-state index contributed by atoms with van der Waals surface area (Å²) in [6.07, 6.45) is 6.82. The number of benzene rings is 1. The predicted molar refractivity (Wildman–Crippen MR) is 90.0 cm³/mol. The fourth-order valence-electron chi connectivity index (χ4n) is 4.67. The second-order valence-corrected chi connectivity index (χ2v) is 7.17. The van der Waals surface area contributed by atoms with Gasteiger partial charge in [-0.25, -0.2) is 0 Å². The maximum Gasteiger partial charge on any atom is 0.220 e. The van der Waals surface area contributed by atoms with Crippen molar-refractivity contribution in [3.63, 3.8) is 0 Å². The lowest BCUT2D eigenvalue weighted by atomic mass is 9.85. The van der Waals surface area contributed by atoms with E-state index >= 15 is 0 Å². The van der Waals surface area contributed by atoms with E-state index in [2.05, 4.69) is 34.6 Å². The monoisotopic (exact) mass is 312 g/mol. The van der Waals surface area contributed by atoms with Crippen LogP contribution in [0.1, 0.15) is 31.2 Å². The van der Waals surface area contributed by atoms with Gasteiger partial charge in [-0.05, 0) is 66.7 Å². The van der Waals surface area contributed by atoms with E-state index in [1.165, 1.54) is 30.2 Å². The van der Waals surface area contributed by atoms with E-state index in [0.29, 0.717) is 18.3 Å². The van der Waals surface area contributed by atoms with Crippen LogP contribution in [0.3, 0.4) is 0 Å². The average Bonchev–Trinajstić information content (AvgIpc) is 3.27. The molecule has 4 rings (SSSR count). The molecule has 1 heterocycles. The number of aliphatic hydroxyl groups excluding tert-OH is 1. The van der Waals surface area contributed by atoms with Crippen LogP contribution in [0.5, 0.6) is 0 Å². The van der Waals surface area contributed by atoms with Crippen molar-refractivity contribution in [3.8, 4) is 0 Å². The molecule has 4 unspecified atom stereocenters. The number of hydrogen-bond donors (Lipinski definition) is 3. The minimum atomic E-state index is 0.121. The molecule has 2 aliphatic rings. The molecule has 2 aromatic rings. The second-order valence-electron chi connectivity index (χ2n) is 7.17. The lowest BCUT2D eigenvalue weighted by Gasteiger charge is -2.30. The number of fused-ring (bicyclic) bond motifs is 3. The van der Waals surface area contributed by atoms with Crippen molar-refractivity contribution in [3.05, 3.63) is 36.0 Å². The lowest BCUT2D eigenvalue weighted by Crippen LogP contribution is -2.45. The Balaban J connectivity index is 1.35. The molecule has 4 nitrogen and oxygen atoms in total. The van der Waals surface area contributed by atoms with Gasteiger partial charge in [-0.2, -0.15) is 0 Å². The molecule has 0 saturated heterocycles. The highest BCUT2D eigenvalue weighted by Crippen LogP contribution is 2.48. The summed E-state index contributed by atoms with van der Waals surface area (Å²) in [5.74, 6) is 1.59. The number of rotatable bonds is 5. The van der Waals surface area contributed by atoms with Crippen LogP contribution in [0.2, 0.25) is 0 Å². The number of amides is 1. The zero-order chi connectivity index (χ0) is 15.8. The topological polar surface area (TPSA) is 65.1 Å². The van der Waals surface area contributed by atoms with Gasteiger partial charge in [0.05, 0.1) is 0 Å². The number of aromatic amines is 1. The van der Waals surface area contributed by atoms with Gasteiger partial charge in [0, 0.05) is 36.7 Å². The van der Waals surface area contributed by atoms with Gasteiger partial charge in [-0.3, -0.25) is 4.79 Å². The Labute approximate surface area is 136 Å². The van der Waals surface area contributed by atoms with E-state index in [0.717, 1.165) is 11.9 Å². The molecular formula is C19H24N2O2. The SMILES string of the molecule is O=C(CCc1ccc2[nH]ccc2c1)NC1C2CCC(C2)C1CO. The van der Waals surface area contributed by atoms with Crippen LogP contribution < -0.4 is 5.32 Å². The number of hydrogen-bond acceptors (Lipinski definition) is 2. The summed E-state index contributed by atoms with van der Waals surface area (Å²) in [5, 5.41) is 14.0. The third kappa shape index (κ3) is 2.76. The fourth-order valence-corrected chi connectivity index (χ4v) is 4.67. The number of carbonyl (C=O) groups is 1. The molecule has 23 heavy (non-hydrogen) atoms. The summed E-state index contributed by atoms with van der Waals surface area (Å²) in [7, 11) is 0. The van der Waals surface area contributed by atoms with Gasteiger partial charge in [0.1, 0.15) is 0 Å². The van der Waals surface area contributed by atoms with Crippen LogP contribution >= 0.6 is 0 Å². The maximum absolute atomic E-state index is 12.3. The van der Waals surface area contributed by atoms with E-state index in [1.807, 2.05) is 6.20 Å². The molecule has 1 aromatic heterocycles. The molecular weight excluding hydrogens is 288 g/mol. The number of aliphatic hydroxyl groups is 1. The Morgan fingerprint density at radius 3 is 3.00 bits per heavy atom. The molecule has 1 aromatic carbocycles. The van der Waals surface area contributed by atoms with Crippen molar-refractivity contribution in [2.45, 2.75) is 38.1 Å². The first kappa shape index (κ1) is 14.8. The normalized spacial score (nSPS) is 29.3. The predicted octanol–water partition coefficient (Wildman–Crippen LogP) is 2.62. The van der Waals surface area contributed by atoms with E-state index in [9.17, 15) is 9.90 Å². The first-order valence-electron chi connectivity index (χ1n) is 8.71. The molecule has 2 saturated carbocycles. The highest BCUT2D eigenvalue weighted by molar-refractivity contribution is 5.80. The zero-order valence-electron chi connectivity index (χ0n) is 13.3. The van der Waals surface area contributed by atoms with Crippen LogP contribution in [-0.2, 0) is 11.2 Å². The third-order valence-electron chi connectivity index (χ3n) is 5.89. The first-order chi connectivity index (χ1) is 11.2. The van der Waals surface area contributed by atoms with Crippen LogP contribution in [0.15, 0.2) is 30.5 Å². The Morgan fingerprint density at radius 2 is 2.13 bits per heavy atom. The number of aromatic nitrogens is 1. The second kappa shape index (κ2) is 6.00. The standard InChI is InChI=1S/C19H24N2O2/c22-11-16-13-3-4-15(10-13)19(16)21-18(23)6-2-12-1-5-17-14(9-12)7-8-20-17/h1,5,7-9,13,15-16,19-20,22H,2-4,6,10-11H2,(H,21,23). The van der Waals surface area contributed by atoms with Gasteiger partial charge in [-0.1, -0.05) is 6.07 Å². The Morgan fingerprint density at radius 1 is 1.26 bits per heavy atom. The number of H-pyrrole nitrogens is 1. The first-order valence-corrected chi connectivity index (χ1v) is 8.71. The molecule has 2 aliphatic carbocycles. The van der Waals surface area contributed by atoms with E-state index in [4.69, 9.17) is 0 Å². The van der Waals surface area contributed by atoms with Gasteiger partial charge in [0.15, 0.2) is 0 Å². The average molecular weight is 312 g/mol. The Bertz CT molecular complexity index is 708. The summed E-state index contributed by atoms with van der Waals surface area (Å²) < 4.78 is 0. The van der Waals surface area contributed by atoms with Crippen molar-refractivity contribution < 1.29 is 9.90 Å². The van der Waals surface area contributed by atoms with E-state index in [-0.39, 0.29) is 24.5 Å². The fraction of sp³-hybridized carbons (Fsp3) is 0.526. The molecule has 3 N–H and O–H groups in total. The highest BCUT2D eigenvalue weighted by Gasteiger charge is 2.47. The third-order valence-corrected chi connectivity index (χ3v) is 5.89. The maximum atomic E-state index is 12.3. The molecule has 0 radical (unpaired) electrons.